The number of alkyl halides is 3. The number of hydrogen-bond donors (Lipinski definition) is 0. The number of rotatable bonds is 4. The summed E-state index contributed by atoms with van der Waals surface area (Å²) in [5.74, 6) is 0.475. The van der Waals surface area contributed by atoms with Gasteiger partial charge in [-0.15, -0.1) is 5.10 Å². The van der Waals surface area contributed by atoms with Crippen molar-refractivity contribution in [3.05, 3.63) is 64.2 Å². The van der Waals surface area contributed by atoms with E-state index in [1.165, 1.54) is 23.9 Å². The van der Waals surface area contributed by atoms with E-state index in [9.17, 15) is 13.2 Å². The van der Waals surface area contributed by atoms with E-state index in [0.29, 0.717) is 10.9 Å². The molecule has 0 bridgehead atoms. The molecule has 0 aliphatic carbocycles. The van der Waals surface area contributed by atoms with Gasteiger partial charge >= 0.3 is 6.18 Å². The van der Waals surface area contributed by atoms with Gasteiger partial charge in [0, 0.05) is 5.75 Å². The molecule has 1 heterocycles. The van der Waals surface area contributed by atoms with E-state index in [1.807, 2.05) is 20.8 Å². The molecule has 3 aromatic rings. The van der Waals surface area contributed by atoms with Crippen LogP contribution in [0.15, 0.2) is 41.6 Å². The first-order chi connectivity index (χ1) is 12.3. The van der Waals surface area contributed by atoms with Crippen LogP contribution < -0.4 is 0 Å². The minimum absolute atomic E-state index is 0.475. The Balaban J connectivity index is 1.80. The molecule has 0 spiro atoms. The fourth-order valence-electron chi connectivity index (χ4n) is 2.85. The highest BCUT2D eigenvalue weighted by Gasteiger charge is 2.29. The van der Waals surface area contributed by atoms with Gasteiger partial charge in [-0.3, -0.25) is 0 Å². The third kappa shape index (κ3) is 3.90. The monoisotopic (exact) mass is 378 g/mol. The molecule has 2 aromatic carbocycles. The van der Waals surface area contributed by atoms with Crippen molar-refractivity contribution in [2.75, 3.05) is 0 Å². The first-order valence-electron chi connectivity index (χ1n) is 7.91. The van der Waals surface area contributed by atoms with Crippen LogP contribution in [0.1, 0.15) is 27.8 Å². The molecule has 8 heteroatoms. The zero-order chi connectivity index (χ0) is 18.9. The maximum atomic E-state index is 12.6. The average molecular weight is 378 g/mol. The van der Waals surface area contributed by atoms with Gasteiger partial charge < -0.3 is 0 Å². The highest BCUT2D eigenvalue weighted by molar-refractivity contribution is 7.98. The summed E-state index contributed by atoms with van der Waals surface area (Å²) in [4.78, 5) is 0. The molecule has 4 nitrogen and oxygen atoms in total. The summed E-state index contributed by atoms with van der Waals surface area (Å²) in [6.07, 6.45) is -4.32. The Morgan fingerprint density at radius 1 is 1.00 bits per heavy atom. The van der Waals surface area contributed by atoms with E-state index in [0.717, 1.165) is 40.1 Å². The summed E-state index contributed by atoms with van der Waals surface area (Å²) in [5.41, 5.74) is 4.33. The zero-order valence-electron chi connectivity index (χ0n) is 14.5. The highest BCUT2D eigenvalue weighted by Crippen LogP contribution is 2.31. The van der Waals surface area contributed by atoms with E-state index in [1.54, 1.807) is 4.68 Å². The molecule has 0 radical (unpaired) electrons. The number of thioether (sulfide) groups is 1. The second-order valence-electron chi connectivity index (χ2n) is 6.10. The molecule has 26 heavy (non-hydrogen) atoms. The summed E-state index contributed by atoms with van der Waals surface area (Å²) < 4.78 is 39.6. The molecular formula is C18H17F3N4S. The molecule has 0 unspecified atom stereocenters. The van der Waals surface area contributed by atoms with E-state index in [2.05, 4.69) is 27.7 Å². The first kappa shape index (κ1) is 18.4. The quantitative estimate of drug-likeness (QED) is 0.606. The number of halogens is 3. The Labute approximate surface area is 153 Å². The summed E-state index contributed by atoms with van der Waals surface area (Å²) in [5, 5.41) is 12.5. The molecule has 0 amide bonds. The van der Waals surface area contributed by atoms with Crippen molar-refractivity contribution >= 4 is 11.8 Å². The molecule has 0 saturated carbocycles. The Morgan fingerprint density at radius 3 is 2.19 bits per heavy atom. The van der Waals surface area contributed by atoms with Crippen LogP contribution in [0.4, 0.5) is 13.2 Å². The Kier molecular flexibility index (Phi) is 5.04. The van der Waals surface area contributed by atoms with Crippen molar-refractivity contribution in [3.8, 4) is 5.69 Å². The molecule has 0 saturated heterocycles. The maximum absolute atomic E-state index is 12.6. The smallest absolute Gasteiger partial charge is 0.187 e. The van der Waals surface area contributed by atoms with Crippen LogP contribution in [0.2, 0.25) is 0 Å². The first-order valence-corrected chi connectivity index (χ1v) is 8.90. The SMILES string of the molecule is Cc1cc(C)c(-n2nnnc2SCc2ccc(C(F)(F)F)cc2)c(C)c1. The van der Waals surface area contributed by atoms with Crippen LogP contribution in [0.5, 0.6) is 0 Å². The van der Waals surface area contributed by atoms with Crippen LogP contribution in [-0.4, -0.2) is 20.2 Å². The van der Waals surface area contributed by atoms with Gasteiger partial charge in [0.1, 0.15) is 0 Å². The minimum atomic E-state index is -4.32. The molecule has 0 fully saturated rings. The second-order valence-corrected chi connectivity index (χ2v) is 7.05. The Bertz CT molecular complexity index is 894. The highest BCUT2D eigenvalue weighted by atomic mass is 32.2. The van der Waals surface area contributed by atoms with Gasteiger partial charge in [0.2, 0.25) is 5.16 Å². The van der Waals surface area contributed by atoms with E-state index < -0.39 is 11.7 Å². The minimum Gasteiger partial charge on any atom is -0.187 e. The molecule has 0 N–H and O–H groups in total. The van der Waals surface area contributed by atoms with Crippen LogP contribution in [0.3, 0.4) is 0 Å². The second kappa shape index (κ2) is 7.11. The summed E-state index contributed by atoms with van der Waals surface area (Å²) >= 11 is 1.38. The number of nitrogens with zero attached hydrogens (tertiary/aromatic N) is 4. The van der Waals surface area contributed by atoms with Crippen LogP contribution >= 0.6 is 11.8 Å². The van der Waals surface area contributed by atoms with Crippen LogP contribution in [0, 0.1) is 20.8 Å². The van der Waals surface area contributed by atoms with Gasteiger partial charge in [0.05, 0.1) is 11.3 Å². The lowest BCUT2D eigenvalue weighted by Gasteiger charge is -2.12. The summed E-state index contributed by atoms with van der Waals surface area (Å²) in [6.45, 7) is 6.03. The third-order valence-corrected chi connectivity index (χ3v) is 4.93. The van der Waals surface area contributed by atoms with Gasteiger partial charge in [0.25, 0.3) is 0 Å². The number of tetrazole rings is 1. The van der Waals surface area contributed by atoms with Crippen molar-refractivity contribution in [2.45, 2.75) is 37.9 Å². The lowest BCUT2D eigenvalue weighted by atomic mass is 10.1. The van der Waals surface area contributed by atoms with Crippen molar-refractivity contribution in [3.63, 3.8) is 0 Å². The van der Waals surface area contributed by atoms with Gasteiger partial charge in [-0.2, -0.15) is 17.9 Å². The zero-order valence-corrected chi connectivity index (χ0v) is 15.3. The van der Waals surface area contributed by atoms with Gasteiger partial charge in [-0.25, -0.2) is 0 Å². The van der Waals surface area contributed by atoms with Gasteiger partial charge in [-0.05, 0) is 60.0 Å². The normalized spacial score (nSPS) is 11.8. The predicted molar refractivity (Wildman–Crippen MR) is 94.4 cm³/mol. The maximum Gasteiger partial charge on any atom is 0.416 e. The Morgan fingerprint density at radius 2 is 1.62 bits per heavy atom. The molecule has 1 aromatic heterocycles. The van der Waals surface area contributed by atoms with Crippen molar-refractivity contribution in [2.24, 2.45) is 0 Å². The molecule has 136 valence electrons. The van der Waals surface area contributed by atoms with Crippen LogP contribution in [-0.2, 0) is 11.9 Å². The van der Waals surface area contributed by atoms with E-state index in [-0.39, 0.29) is 0 Å². The van der Waals surface area contributed by atoms with Gasteiger partial charge in [0.15, 0.2) is 0 Å². The van der Waals surface area contributed by atoms with E-state index >= 15 is 0 Å². The fourth-order valence-corrected chi connectivity index (χ4v) is 3.69. The molecular weight excluding hydrogens is 361 g/mol. The standard InChI is InChI=1S/C18H17F3N4S/c1-11-8-12(2)16(13(3)9-11)25-17(22-23-24-25)26-10-14-4-6-15(7-5-14)18(19,20)21/h4-9H,10H2,1-3H3. The van der Waals surface area contributed by atoms with Gasteiger partial charge in [-0.1, -0.05) is 41.6 Å². The number of aromatic nitrogens is 4. The lowest BCUT2D eigenvalue weighted by molar-refractivity contribution is -0.137. The topological polar surface area (TPSA) is 43.6 Å². The molecule has 0 aliphatic rings. The van der Waals surface area contributed by atoms with Crippen LogP contribution in [0.25, 0.3) is 5.69 Å². The molecule has 0 aliphatic heterocycles. The third-order valence-electron chi connectivity index (χ3n) is 3.94. The van der Waals surface area contributed by atoms with Crippen molar-refractivity contribution < 1.29 is 13.2 Å². The Hall–Kier alpha value is -2.35. The van der Waals surface area contributed by atoms with Crippen molar-refractivity contribution in [1.82, 2.24) is 20.2 Å². The number of benzene rings is 2. The number of aryl methyl sites for hydroxylation is 3. The lowest BCUT2D eigenvalue weighted by Crippen LogP contribution is -2.05. The van der Waals surface area contributed by atoms with E-state index in [4.69, 9.17) is 0 Å². The largest absolute Gasteiger partial charge is 0.416 e. The fraction of sp³-hybridized carbons (Fsp3) is 0.278. The summed E-state index contributed by atoms with van der Waals surface area (Å²) in [6, 6.07) is 9.27. The summed E-state index contributed by atoms with van der Waals surface area (Å²) in [7, 11) is 0. The predicted octanol–water partition coefficient (Wildman–Crippen LogP) is 4.90. The molecule has 3 rings (SSSR count). The van der Waals surface area contributed by atoms with Crippen molar-refractivity contribution in [1.29, 1.82) is 0 Å². The average Bonchev–Trinajstić information content (AvgIpc) is 2.99. The number of hydrogen-bond acceptors (Lipinski definition) is 4. The molecule has 0 atom stereocenters.